The van der Waals surface area contributed by atoms with Gasteiger partial charge in [0.05, 0.1) is 25.9 Å². The van der Waals surface area contributed by atoms with E-state index in [1.807, 2.05) is 18.2 Å². The molecule has 0 spiro atoms. The number of morpholine rings is 1. The molecule has 0 unspecified atom stereocenters. The number of benzene rings is 2. The van der Waals surface area contributed by atoms with Gasteiger partial charge in [-0.1, -0.05) is 17.3 Å². The number of halogens is 1. The maximum Gasteiger partial charge on any atom is 0.254 e. The Kier molecular flexibility index (Phi) is 5.32. The minimum atomic E-state index is -0.370. The highest BCUT2D eigenvalue weighted by Gasteiger charge is 2.24. The zero-order valence-electron chi connectivity index (χ0n) is 17.7. The number of rotatable bonds is 5. The number of anilines is 1. The van der Waals surface area contributed by atoms with Crippen LogP contribution in [-0.4, -0.2) is 48.8 Å². The Morgan fingerprint density at radius 3 is 2.62 bits per heavy atom. The first kappa shape index (κ1) is 20.2. The fraction of sp³-hybridized carbons (Fsp3) is 0.261. The Balaban J connectivity index is 1.50. The van der Waals surface area contributed by atoms with Crippen LogP contribution in [0.4, 0.5) is 10.1 Å². The van der Waals surface area contributed by atoms with Gasteiger partial charge in [0, 0.05) is 30.4 Å². The van der Waals surface area contributed by atoms with Gasteiger partial charge in [0.2, 0.25) is 0 Å². The van der Waals surface area contributed by atoms with Gasteiger partial charge in [-0.3, -0.25) is 0 Å². The zero-order chi connectivity index (χ0) is 22.1. The monoisotopic (exact) mass is 436 g/mol. The summed E-state index contributed by atoms with van der Waals surface area (Å²) in [5.41, 5.74) is 3.23. The van der Waals surface area contributed by atoms with E-state index in [0.29, 0.717) is 53.0 Å². The molecule has 0 atom stereocenters. The van der Waals surface area contributed by atoms with Crippen molar-refractivity contribution in [2.24, 2.45) is 0 Å². The van der Waals surface area contributed by atoms with Crippen molar-refractivity contribution in [3.8, 4) is 39.9 Å². The number of hydrogen-bond donors (Lipinski definition) is 0. The van der Waals surface area contributed by atoms with Gasteiger partial charge < -0.3 is 23.3 Å². The molecule has 2 aromatic carbocycles. The van der Waals surface area contributed by atoms with E-state index >= 15 is 0 Å². The Morgan fingerprint density at radius 2 is 1.84 bits per heavy atom. The highest BCUT2D eigenvalue weighted by Crippen LogP contribution is 2.38. The van der Waals surface area contributed by atoms with E-state index in [-0.39, 0.29) is 11.7 Å². The van der Waals surface area contributed by atoms with Crippen molar-refractivity contribution in [2.45, 2.75) is 6.92 Å². The molecule has 1 saturated heterocycles. The number of ether oxygens (including phenoxy) is 2. The normalized spacial score (nSPS) is 14.0. The van der Waals surface area contributed by atoms with E-state index in [0.717, 1.165) is 18.8 Å². The molecule has 0 aliphatic carbocycles. The Hall–Kier alpha value is -3.72. The smallest absolute Gasteiger partial charge is 0.254 e. The second-order valence-electron chi connectivity index (χ2n) is 7.37. The molecule has 9 heteroatoms. The molecule has 0 amide bonds. The van der Waals surface area contributed by atoms with E-state index in [1.54, 1.807) is 26.2 Å². The molecule has 164 valence electrons. The quantitative estimate of drug-likeness (QED) is 0.456. The molecule has 4 aromatic rings. The van der Waals surface area contributed by atoms with E-state index in [1.165, 1.54) is 12.1 Å². The molecule has 8 nitrogen and oxygen atoms in total. The first-order valence-electron chi connectivity index (χ1n) is 10.2. The summed E-state index contributed by atoms with van der Waals surface area (Å²) in [5, 5.41) is 12.5. The van der Waals surface area contributed by atoms with Crippen LogP contribution in [0.25, 0.3) is 34.2 Å². The molecule has 0 bridgehead atoms. The van der Waals surface area contributed by atoms with E-state index in [4.69, 9.17) is 18.4 Å². The molecule has 2 aromatic heterocycles. The van der Waals surface area contributed by atoms with Crippen LogP contribution in [0.3, 0.4) is 0 Å². The lowest BCUT2D eigenvalue weighted by atomic mass is 10.1. The third-order valence-corrected chi connectivity index (χ3v) is 5.39. The summed E-state index contributed by atoms with van der Waals surface area (Å²) >= 11 is 0. The molecule has 0 radical (unpaired) electrons. The summed E-state index contributed by atoms with van der Waals surface area (Å²) in [4.78, 5) is 2.24. The number of nitrogens with zero attached hydrogens (tertiary/aromatic N) is 4. The highest BCUT2D eigenvalue weighted by molar-refractivity contribution is 5.78. The Morgan fingerprint density at radius 1 is 1.03 bits per heavy atom. The third kappa shape index (κ3) is 3.71. The van der Waals surface area contributed by atoms with Crippen molar-refractivity contribution in [3.63, 3.8) is 0 Å². The van der Waals surface area contributed by atoms with Crippen molar-refractivity contribution in [3.05, 3.63) is 54.0 Å². The maximum absolute atomic E-state index is 13.7. The molecule has 1 aliphatic heterocycles. The van der Waals surface area contributed by atoms with Crippen LogP contribution in [0, 0.1) is 12.7 Å². The fourth-order valence-corrected chi connectivity index (χ4v) is 3.76. The molecule has 1 fully saturated rings. The molecule has 0 N–H and O–H groups in total. The van der Waals surface area contributed by atoms with Gasteiger partial charge in [-0.2, -0.15) is 0 Å². The lowest BCUT2D eigenvalue weighted by Crippen LogP contribution is -2.36. The van der Waals surface area contributed by atoms with Crippen LogP contribution < -0.4 is 9.64 Å². The SMILES string of the molecule is COc1cc(N2CCOCC2)ccc1-c1nnc(-c2c(-c3cccc(F)c3)noc2C)o1. The van der Waals surface area contributed by atoms with E-state index in [2.05, 4.69) is 20.3 Å². The highest BCUT2D eigenvalue weighted by atomic mass is 19.1. The third-order valence-electron chi connectivity index (χ3n) is 5.39. The maximum atomic E-state index is 13.7. The largest absolute Gasteiger partial charge is 0.496 e. The summed E-state index contributed by atoms with van der Waals surface area (Å²) in [7, 11) is 1.60. The van der Waals surface area contributed by atoms with Crippen molar-refractivity contribution in [1.82, 2.24) is 15.4 Å². The average Bonchev–Trinajstić information content (AvgIpc) is 3.45. The molecular formula is C23H21FN4O4. The lowest BCUT2D eigenvalue weighted by Gasteiger charge is -2.29. The number of methoxy groups -OCH3 is 1. The average molecular weight is 436 g/mol. The molecular weight excluding hydrogens is 415 g/mol. The first-order valence-corrected chi connectivity index (χ1v) is 10.2. The number of aryl methyl sites for hydroxylation is 1. The predicted octanol–water partition coefficient (Wildman–Crippen LogP) is 4.35. The van der Waals surface area contributed by atoms with Crippen LogP contribution in [0.2, 0.25) is 0 Å². The molecule has 32 heavy (non-hydrogen) atoms. The van der Waals surface area contributed by atoms with Gasteiger partial charge in [-0.05, 0) is 31.2 Å². The summed E-state index contributed by atoms with van der Waals surface area (Å²) in [6.07, 6.45) is 0. The Bertz CT molecular complexity index is 1250. The summed E-state index contributed by atoms with van der Waals surface area (Å²) in [6.45, 7) is 4.78. The molecule has 3 heterocycles. The minimum Gasteiger partial charge on any atom is -0.496 e. The second kappa shape index (κ2) is 8.43. The topological polar surface area (TPSA) is 86.7 Å². The van der Waals surface area contributed by atoms with Crippen molar-refractivity contribution >= 4 is 5.69 Å². The van der Waals surface area contributed by atoms with Gasteiger partial charge in [0.25, 0.3) is 11.8 Å². The standard InChI is InChI=1S/C23H21FN4O4/c1-14-20(21(27-32-14)15-4-3-5-16(24)12-15)23-26-25-22(31-23)18-7-6-17(13-19(18)29-2)28-8-10-30-11-9-28/h3-7,12-13H,8-11H2,1-2H3. The minimum absolute atomic E-state index is 0.234. The van der Waals surface area contributed by atoms with Crippen molar-refractivity contribution < 1.29 is 22.8 Å². The molecule has 1 aliphatic rings. The molecule has 5 rings (SSSR count). The van der Waals surface area contributed by atoms with E-state index < -0.39 is 0 Å². The first-order chi connectivity index (χ1) is 15.6. The Labute approximate surface area is 183 Å². The summed E-state index contributed by atoms with van der Waals surface area (Å²) in [6, 6.07) is 11.9. The van der Waals surface area contributed by atoms with Gasteiger partial charge in [0.15, 0.2) is 0 Å². The van der Waals surface area contributed by atoms with Gasteiger partial charge >= 0.3 is 0 Å². The number of aromatic nitrogens is 3. The van der Waals surface area contributed by atoms with Crippen LogP contribution in [-0.2, 0) is 4.74 Å². The zero-order valence-corrected chi connectivity index (χ0v) is 17.7. The molecule has 0 saturated carbocycles. The fourth-order valence-electron chi connectivity index (χ4n) is 3.76. The van der Waals surface area contributed by atoms with Crippen LogP contribution in [0.1, 0.15) is 5.76 Å². The van der Waals surface area contributed by atoms with Gasteiger partial charge in [-0.25, -0.2) is 4.39 Å². The predicted molar refractivity (Wildman–Crippen MR) is 115 cm³/mol. The van der Waals surface area contributed by atoms with Crippen LogP contribution in [0.5, 0.6) is 5.75 Å². The lowest BCUT2D eigenvalue weighted by molar-refractivity contribution is 0.122. The van der Waals surface area contributed by atoms with E-state index in [9.17, 15) is 4.39 Å². The van der Waals surface area contributed by atoms with Gasteiger partial charge in [-0.15, -0.1) is 10.2 Å². The van der Waals surface area contributed by atoms with Crippen LogP contribution >= 0.6 is 0 Å². The second-order valence-corrected chi connectivity index (χ2v) is 7.37. The summed E-state index contributed by atoms with van der Waals surface area (Å²) < 4.78 is 36.1. The summed E-state index contributed by atoms with van der Waals surface area (Å²) in [5.74, 6) is 1.28. The van der Waals surface area contributed by atoms with Crippen LogP contribution in [0.15, 0.2) is 51.4 Å². The van der Waals surface area contributed by atoms with Crippen molar-refractivity contribution in [1.29, 1.82) is 0 Å². The van der Waals surface area contributed by atoms with Crippen molar-refractivity contribution in [2.75, 3.05) is 38.3 Å². The van der Waals surface area contributed by atoms with Gasteiger partial charge in [0.1, 0.15) is 28.6 Å². The number of hydrogen-bond acceptors (Lipinski definition) is 8.